The molecule has 1 atom stereocenters. The molecule has 0 fully saturated rings. The second-order valence-electron chi connectivity index (χ2n) is 3.65. The Balaban J connectivity index is 2.17. The van der Waals surface area contributed by atoms with E-state index in [1.165, 1.54) is 6.07 Å². The lowest BCUT2D eigenvalue weighted by Gasteiger charge is -2.18. The van der Waals surface area contributed by atoms with Crippen LogP contribution >= 0.6 is 23.4 Å². The van der Waals surface area contributed by atoms with Crippen molar-refractivity contribution in [3.05, 3.63) is 29.0 Å². The number of hydrogen-bond donors (Lipinski definition) is 1. The molecule has 1 aromatic rings. The molecule has 16 heavy (non-hydrogen) atoms. The minimum atomic E-state index is -0.425. The van der Waals surface area contributed by atoms with E-state index >= 15 is 0 Å². The zero-order valence-corrected chi connectivity index (χ0v) is 10.4. The number of nitrogens with one attached hydrogen (secondary N) is 1. The fourth-order valence-electron chi connectivity index (χ4n) is 1.41. The van der Waals surface area contributed by atoms with Crippen molar-refractivity contribution in [3.63, 3.8) is 0 Å². The van der Waals surface area contributed by atoms with Gasteiger partial charge in [-0.3, -0.25) is 4.99 Å². The molecule has 1 aliphatic heterocycles. The molecule has 1 aromatic carbocycles. The van der Waals surface area contributed by atoms with E-state index in [-0.39, 0.29) is 5.02 Å². The standard InChI is InChI=1S/C11H12ClFN2S/c1-7-5-6-16-11(14-7)15-9-4-2-3-8(12)10(9)13/h2-4,7H,5-6H2,1H3,(H,14,15). The minimum absolute atomic E-state index is 0.124. The van der Waals surface area contributed by atoms with E-state index in [0.29, 0.717) is 11.7 Å². The monoisotopic (exact) mass is 258 g/mol. The summed E-state index contributed by atoms with van der Waals surface area (Å²) in [6.07, 6.45) is 1.06. The number of aliphatic imine (C=N–C) groups is 1. The Kier molecular flexibility index (Phi) is 3.71. The molecule has 0 radical (unpaired) electrons. The number of hydrogen-bond acceptors (Lipinski definition) is 3. The summed E-state index contributed by atoms with van der Waals surface area (Å²) in [7, 11) is 0. The second-order valence-corrected chi connectivity index (χ2v) is 5.14. The average Bonchev–Trinajstić information content (AvgIpc) is 2.25. The molecule has 5 heteroatoms. The number of halogens is 2. The smallest absolute Gasteiger partial charge is 0.165 e. The highest BCUT2D eigenvalue weighted by Crippen LogP contribution is 2.25. The normalized spacial score (nSPS) is 20.4. The summed E-state index contributed by atoms with van der Waals surface area (Å²) in [5, 5.41) is 3.86. The van der Waals surface area contributed by atoms with Crippen LogP contribution in [0.15, 0.2) is 23.2 Å². The Hall–Kier alpha value is -0.740. The Morgan fingerprint density at radius 2 is 2.38 bits per heavy atom. The van der Waals surface area contributed by atoms with E-state index in [4.69, 9.17) is 11.6 Å². The molecule has 0 aromatic heterocycles. The molecule has 0 aliphatic carbocycles. The Morgan fingerprint density at radius 1 is 1.56 bits per heavy atom. The maximum Gasteiger partial charge on any atom is 0.165 e. The van der Waals surface area contributed by atoms with Crippen molar-refractivity contribution in [2.24, 2.45) is 4.99 Å². The number of benzene rings is 1. The van der Waals surface area contributed by atoms with Crippen LogP contribution in [0.2, 0.25) is 5.02 Å². The molecule has 1 heterocycles. The van der Waals surface area contributed by atoms with Crippen molar-refractivity contribution in [2.45, 2.75) is 19.4 Å². The Labute approximate surface area is 103 Å². The zero-order valence-electron chi connectivity index (χ0n) is 8.84. The van der Waals surface area contributed by atoms with Crippen molar-refractivity contribution >= 4 is 34.2 Å². The van der Waals surface area contributed by atoms with Crippen molar-refractivity contribution < 1.29 is 4.39 Å². The van der Waals surface area contributed by atoms with Crippen molar-refractivity contribution in [1.82, 2.24) is 0 Å². The first-order chi connectivity index (χ1) is 7.66. The SMILES string of the molecule is CC1CCSC(Nc2cccc(Cl)c2F)=N1. The highest BCUT2D eigenvalue weighted by atomic mass is 35.5. The molecule has 2 rings (SSSR count). The number of anilines is 1. The van der Waals surface area contributed by atoms with Crippen LogP contribution in [0, 0.1) is 5.82 Å². The molecule has 1 N–H and O–H groups in total. The van der Waals surface area contributed by atoms with Gasteiger partial charge in [-0.15, -0.1) is 0 Å². The van der Waals surface area contributed by atoms with Crippen LogP contribution in [0.3, 0.4) is 0 Å². The van der Waals surface area contributed by atoms with Gasteiger partial charge in [0.25, 0.3) is 0 Å². The predicted octanol–water partition coefficient (Wildman–Crippen LogP) is 3.77. The lowest BCUT2D eigenvalue weighted by atomic mass is 10.3. The molecular formula is C11H12ClFN2S. The van der Waals surface area contributed by atoms with Gasteiger partial charge in [0, 0.05) is 5.75 Å². The van der Waals surface area contributed by atoms with E-state index in [1.54, 1.807) is 23.9 Å². The molecule has 0 saturated carbocycles. The Bertz CT molecular complexity index is 422. The van der Waals surface area contributed by atoms with Gasteiger partial charge in [-0.2, -0.15) is 0 Å². The molecule has 1 aliphatic rings. The predicted molar refractivity (Wildman–Crippen MR) is 69.0 cm³/mol. The van der Waals surface area contributed by atoms with Crippen LogP contribution in [-0.4, -0.2) is 17.0 Å². The van der Waals surface area contributed by atoms with Gasteiger partial charge in [-0.1, -0.05) is 29.4 Å². The molecule has 0 spiro atoms. The van der Waals surface area contributed by atoms with Crippen molar-refractivity contribution in [3.8, 4) is 0 Å². The summed E-state index contributed by atoms with van der Waals surface area (Å²) in [6.45, 7) is 2.05. The van der Waals surface area contributed by atoms with Crippen molar-refractivity contribution in [2.75, 3.05) is 11.1 Å². The third kappa shape index (κ3) is 2.68. The van der Waals surface area contributed by atoms with Crippen LogP contribution in [-0.2, 0) is 0 Å². The number of amidine groups is 1. The lowest BCUT2D eigenvalue weighted by Crippen LogP contribution is -2.18. The van der Waals surface area contributed by atoms with Gasteiger partial charge in [0.1, 0.15) is 0 Å². The highest BCUT2D eigenvalue weighted by Gasteiger charge is 2.13. The molecule has 1 unspecified atom stereocenters. The summed E-state index contributed by atoms with van der Waals surface area (Å²) in [6, 6.07) is 5.20. The lowest BCUT2D eigenvalue weighted by molar-refractivity contribution is 0.632. The van der Waals surface area contributed by atoms with Gasteiger partial charge in [-0.25, -0.2) is 4.39 Å². The van der Waals surface area contributed by atoms with Gasteiger partial charge in [0.15, 0.2) is 11.0 Å². The first-order valence-electron chi connectivity index (χ1n) is 5.08. The first kappa shape index (κ1) is 11.7. The minimum Gasteiger partial charge on any atom is -0.333 e. The molecule has 86 valence electrons. The van der Waals surface area contributed by atoms with Crippen LogP contribution in [0.25, 0.3) is 0 Å². The van der Waals surface area contributed by atoms with Gasteiger partial charge < -0.3 is 5.32 Å². The average molecular weight is 259 g/mol. The number of thioether (sulfide) groups is 1. The summed E-state index contributed by atoms with van der Waals surface area (Å²) >= 11 is 7.30. The van der Waals surface area contributed by atoms with Crippen LogP contribution in [0.5, 0.6) is 0 Å². The zero-order chi connectivity index (χ0) is 11.5. The molecule has 0 bridgehead atoms. The maximum absolute atomic E-state index is 13.6. The maximum atomic E-state index is 13.6. The molecule has 0 amide bonds. The molecule has 0 saturated heterocycles. The summed E-state index contributed by atoms with van der Waals surface area (Å²) < 4.78 is 13.6. The van der Waals surface area contributed by atoms with E-state index in [1.807, 2.05) is 0 Å². The van der Waals surface area contributed by atoms with Crippen LogP contribution in [0.1, 0.15) is 13.3 Å². The fraction of sp³-hybridized carbons (Fsp3) is 0.364. The van der Waals surface area contributed by atoms with Gasteiger partial charge in [0.05, 0.1) is 16.8 Å². The van der Waals surface area contributed by atoms with E-state index in [9.17, 15) is 4.39 Å². The van der Waals surface area contributed by atoms with Crippen LogP contribution in [0.4, 0.5) is 10.1 Å². The Morgan fingerprint density at radius 3 is 3.12 bits per heavy atom. The quantitative estimate of drug-likeness (QED) is 0.829. The summed E-state index contributed by atoms with van der Waals surface area (Å²) in [5.41, 5.74) is 0.382. The van der Waals surface area contributed by atoms with Crippen molar-refractivity contribution in [1.29, 1.82) is 0 Å². The molecular weight excluding hydrogens is 247 g/mol. The number of nitrogens with zero attached hydrogens (tertiary/aromatic N) is 1. The van der Waals surface area contributed by atoms with E-state index < -0.39 is 5.82 Å². The second kappa shape index (κ2) is 5.06. The highest BCUT2D eigenvalue weighted by molar-refractivity contribution is 8.14. The van der Waals surface area contributed by atoms with Gasteiger partial charge in [-0.05, 0) is 25.5 Å². The summed E-state index contributed by atoms with van der Waals surface area (Å²) in [4.78, 5) is 4.41. The molecule has 2 nitrogen and oxygen atoms in total. The van der Waals surface area contributed by atoms with E-state index in [0.717, 1.165) is 17.3 Å². The van der Waals surface area contributed by atoms with Gasteiger partial charge >= 0.3 is 0 Å². The van der Waals surface area contributed by atoms with E-state index in [2.05, 4.69) is 17.2 Å². The number of rotatable bonds is 1. The summed E-state index contributed by atoms with van der Waals surface area (Å²) in [5.74, 6) is 0.584. The third-order valence-corrected chi connectivity index (χ3v) is 3.52. The fourth-order valence-corrected chi connectivity index (χ4v) is 2.68. The largest absolute Gasteiger partial charge is 0.333 e. The van der Waals surface area contributed by atoms with Crippen LogP contribution < -0.4 is 5.32 Å². The third-order valence-electron chi connectivity index (χ3n) is 2.31. The topological polar surface area (TPSA) is 24.4 Å². The first-order valence-corrected chi connectivity index (χ1v) is 6.45. The van der Waals surface area contributed by atoms with Gasteiger partial charge in [0.2, 0.25) is 0 Å².